The number of methoxy groups -OCH3 is 1. The number of nitrogens with zero attached hydrogens (tertiary/aromatic N) is 4. The Kier molecular flexibility index (Phi) is 6.73. The molecule has 1 aliphatic rings. The van der Waals surface area contributed by atoms with Gasteiger partial charge in [-0.2, -0.15) is 5.10 Å². The SMILES string of the molecule is COC(=O)N1CCC(c2ccnn2-c2nc(C(=O)NC(C)C)cs2)C(c2ccc(F)cc2)C1. The van der Waals surface area contributed by atoms with Gasteiger partial charge in [-0.1, -0.05) is 12.1 Å². The number of rotatable bonds is 5. The maximum Gasteiger partial charge on any atom is 0.409 e. The zero-order valence-corrected chi connectivity index (χ0v) is 19.5. The van der Waals surface area contributed by atoms with Gasteiger partial charge in [0.25, 0.3) is 5.91 Å². The number of nitrogens with one attached hydrogen (secondary N) is 1. The number of benzene rings is 1. The number of likely N-dealkylation sites (tertiary alicyclic amines) is 1. The largest absolute Gasteiger partial charge is 0.453 e. The summed E-state index contributed by atoms with van der Waals surface area (Å²) >= 11 is 1.34. The lowest BCUT2D eigenvalue weighted by Gasteiger charge is -2.38. The van der Waals surface area contributed by atoms with Gasteiger partial charge in [0.1, 0.15) is 11.5 Å². The third kappa shape index (κ3) is 4.90. The molecular weight excluding hydrogens is 445 g/mol. The van der Waals surface area contributed by atoms with Gasteiger partial charge in [0.05, 0.1) is 12.8 Å². The fraction of sp³-hybridized carbons (Fsp3) is 0.391. The van der Waals surface area contributed by atoms with Crippen molar-refractivity contribution >= 4 is 23.3 Å². The highest BCUT2D eigenvalue weighted by molar-refractivity contribution is 7.12. The van der Waals surface area contributed by atoms with Crippen molar-refractivity contribution < 1.29 is 18.7 Å². The number of aromatic nitrogens is 3. The summed E-state index contributed by atoms with van der Waals surface area (Å²) in [7, 11) is 1.37. The predicted octanol–water partition coefficient (Wildman–Crippen LogP) is 3.95. The minimum atomic E-state index is -0.380. The summed E-state index contributed by atoms with van der Waals surface area (Å²) in [6.07, 6.45) is 2.00. The van der Waals surface area contributed by atoms with Crippen LogP contribution in [0.15, 0.2) is 41.9 Å². The molecule has 1 saturated heterocycles. The average molecular weight is 472 g/mol. The molecule has 4 rings (SSSR count). The average Bonchev–Trinajstić information content (AvgIpc) is 3.48. The van der Waals surface area contributed by atoms with Crippen LogP contribution in [0.3, 0.4) is 0 Å². The van der Waals surface area contributed by atoms with Gasteiger partial charge >= 0.3 is 6.09 Å². The predicted molar refractivity (Wildman–Crippen MR) is 122 cm³/mol. The molecule has 3 aromatic rings. The number of thiazole rings is 1. The quantitative estimate of drug-likeness (QED) is 0.609. The van der Waals surface area contributed by atoms with Crippen molar-refractivity contribution in [1.82, 2.24) is 25.0 Å². The molecule has 2 amide bonds. The van der Waals surface area contributed by atoms with Crippen LogP contribution in [-0.4, -0.2) is 57.9 Å². The standard InChI is InChI=1S/C23H26FN5O3S/c1-14(2)26-21(30)19-13-33-22(27-19)29-20(8-10-25-29)17-9-11-28(23(31)32-3)12-18(17)15-4-6-16(24)7-5-15/h4-8,10,13-14,17-18H,9,11-12H2,1-3H3,(H,26,30). The molecule has 10 heteroatoms. The molecule has 2 atom stereocenters. The van der Waals surface area contributed by atoms with Crippen LogP contribution in [0.5, 0.6) is 0 Å². The highest BCUT2D eigenvalue weighted by Crippen LogP contribution is 2.40. The topological polar surface area (TPSA) is 89.3 Å². The Morgan fingerprint density at radius 3 is 2.67 bits per heavy atom. The monoisotopic (exact) mass is 471 g/mol. The van der Waals surface area contributed by atoms with Gasteiger partial charge in [-0.25, -0.2) is 18.9 Å². The zero-order valence-electron chi connectivity index (χ0n) is 18.7. The molecule has 2 unspecified atom stereocenters. The smallest absolute Gasteiger partial charge is 0.409 e. The molecule has 0 radical (unpaired) electrons. The van der Waals surface area contributed by atoms with Crippen LogP contribution in [0.1, 0.15) is 53.8 Å². The van der Waals surface area contributed by atoms with Crippen LogP contribution < -0.4 is 5.32 Å². The molecule has 33 heavy (non-hydrogen) atoms. The van der Waals surface area contributed by atoms with Crippen LogP contribution in [-0.2, 0) is 4.74 Å². The maximum atomic E-state index is 13.6. The first-order valence-corrected chi connectivity index (χ1v) is 11.6. The number of hydrogen-bond donors (Lipinski definition) is 1. The number of halogens is 1. The Hall–Kier alpha value is -3.27. The van der Waals surface area contributed by atoms with Crippen molar-refractivity contribution in [1.29, 1.82) is 0 Å². The van der Waals surface area contributed by atoms with E-state index in [9.17, 15) is 14.0 Å². The van der Waals surface area contributed by atoms with E-state index in [4.69, 9.17) is 4.74 Å². The van der Waals surface area contributed by atoms with E-state index in [1.54, 1.807) is 33.3 Å². The Labute approximate surface area is 195 Å². The molecule has 1 N–H and O–H groups in total. The van der Waals surface area contributed by atoms with E-state index in [0.717, 1.165) is 11.3 Å². The number of carbonyl (C=O) groups excluding carboxylic acids is 2. The number of hydrogen-bond acceptors (Lipinski definition) is 6. The lowest BCUT2D eigenvalue weighted by Crippen LogP contribution is -2.42. The fourth-order valence-electron chi connectivity index (χ4n) is 4.20. The first-order chi connectivity index (χ1) is 15.9. The molecular formula is C23H26FN5O3S. The first kappa shape index (κ1) is 22.9. The second kappa shape index (κ2) is 9.70. The van der Waals surface area contributed by atoms with Crippen LogP contribution in [0.25, 0.3) is 5.13 Å². The molecule has 1 aromatic carbocycles. The number of ether oxygens (including phenoxy) is 1. The van der Waals surface area contributed by atoms with Gasteiger partial charge in [0.2, 0.25) is 5.13 Å². The zero-order chi connectivity index (χ0) is 23.5. The second-order valence-corrected chi connectivity index (χ2v) is 9.12. The van der Waals surface area contributed by atoms with Gasteiger partial charge in [0, 0.05) is 42.5 Å². The highest BCUT2D eigenvalue weighted by atomic mass is 32.1. The van der Waals surface area contributed by atoms with Crippen molar-refractivity contribution in [2.24, 2.45) is 0 Å². The summed E-state index contributed by atoms with van der Waals surface area (Å²) in [5, 5.41) is 9.63. The summed E-state index contributed by atoms with van der Waals surface area (Å²) in [4.78, 5) is 30.7. The van der Waals surface area contributed by atoms with Gasteiger partial charge in [-0.3, -0.25) is 4.79 Å². The Bertz CT molecular complexity index is 1130. The van der Waals surface area contributed by atoms with Crippen molar-refractivity contribution in [2.45, 2.75) is 38.1 Å². The molecule has 0 aliphatic carbocycles. The molecule has 3 heterocycles. The lowest BCUT2D eigenvalue weighted by molar-refractivity contribution is 0.0938. The summed E-state index contributed by atoms with van der Waals surface area (Å²) in [6, 6.07) is 8.32. The molecule has 0 saturated carbocycles. The van der Waals surface area contributed by atoms with Crippen LogP contribution in [0, 0.1) is 5.82 Å². The van der Waals surface area contributed by atoms with E-state index in [0.29, 0.717) is 30.3 Å². The molecule has 1 aliphatic heterocycles. The summed E-state index contributed by atoms with van der Waals surface area (Å²) in [6.45, 7) is 4.76. The van der Waals surface area contributed by atoms with Gasteiger partial charge in [-0.15, -0.1) is 11.3 Å². The first-order valence-electron chi connectivity index (χ1n) is 10.8. The third-order valence-corrected chi connectivity index (χ3v) is 6.54. The lowest BCUT2D eigenvalue weighted by atomic mass is 9.79. The van der Waals surface area contributed by atoms with E-state index < -0.39 is 0 Å². The van der Waals surface area contributed by atoms with Crippen LogP contribution in [0.2, 0.25) is 0 Å². The summed E-state index contributed by atoms with van der Waals surface area (Å²) < 4.78 is 20.3. The van der Waals surface area contributed by atoms with E-state index >= 15 is 0 Å². The van der Waals surface area contributed by atoms with Crippen LogP contribution in [0.4, 0.5) is 9.18 Å². The molecule has 8 nitrogen and oxygen atoms in total. The summed E-state index contributed by atoms with van der Waals surface area (Å²) in [5.74, 6) is -0.610. The number of piperidine rings is 1. The second-order valence-electron chi connectivity index (χ2n) is 8.28. The summed E-state index contributed by atoms with van der Waals surface area (Å²) in [5.41, 5.74) is 2.21. The number of amides is 2. The van der Waals surface area contributed by atoms with Crippen molar-refractivity contribution in [3.8, 4) is 5.13 Å². The van der Waals surface area contributed by atoms with Gasteiger partial charge in [-0.05, 0) is 44.0 Å². The van der Waals surface area contributed by atoms with Crippen molar-refractivity contribution in [3.05, 3.63) is 64.7 Å². The molecule has 2 aromatic heterocycles. The molecule has 174 valence electrons. The fourth-order valence-corrected chi connectivity index (χ4v) is 4.99. The van der Waals surface area contributed by atoms with Gasteiger partial charge < -0.3 is 15.0 Å². The Morgan fingerprint density at radius 1 is 1.21 bits per heavy atom. The Balaban J connectivity index is 1.66. The highest BCUT2D eigenvalue weighted by Gasteiger charge is 2.36. The number of carbonyl (C=O) groups is 2. The minimum Gasteiger partial charge on any atom is -0.453 e. The van der Waals surface area contributed by atoms with Crippen molar-refractivity contribution in [2.75, 3.05) is 20.2 Å². The molecule has 0 spiro atoms. The van der Waals surface area contributed by atoms with Gasteiger partial charge in [0.15, 0.2) is 0 Å². The molecule has 1 fully saturated rings. The van der Waals surface area contributed by atoms with Crippen molar-refractivity contribution in [3.63, 3.8) is 0 Å². The van der Waals surface area contributed by atoms with E-state index in [1.807, 2.05) is 19.9 Å². The third-order valence-electron chi connectivity index (χ3n) is 5.72. The molecule has 0 bridgehead atoms. The minimum absolute atomic E-state index is 0.00991. The Morgan fingerprint density at radius 2 is 1.97 bits per heavy atom. The van der Waals surface area contributed by atoms with E-state index in [2.05, 4.69) is 15.4 Å². The van der Waals surface area contributed by atoms with E-state index in [-0.39, 0.29) is 35.7 Å². The normalized spacial score (nSPS) is 18.4. The van der Waals surface area contributed by atoms with E-state index in [1.165, 1.54) is 30.6 Å². The maximum absolute atomic E-state index is 13.6. The van der Waals surface area contributed by atoms with Crippen LogP contribution >= 0.6 is 11.3 Å².